The molecule has 186 valence electrons. The molecule has 4 aromatic rings. The van der Waals surface area contributed by atoms with Crippen LogP contribution in [0.5, 0.6) is 0 Å². The number of hydrogen-bond acceptors (Lipinski definition) is 6. The van der Waals surface area contributed by atoms with Gasteiger partial charge in [-0.2, -0.15) is 0 Å². The van der Waals surface area contributed by atoms with Crippen LogP contribution in [0.25, 0.3) is 33.3 Å². The molecule has 0 spiro atoms. The predicted molar refractivity (Wildman–Crippen MR) is 137 cm³/mol. The molecule has 0 bridgehead atoms. The second-order valence-corrected chi connectivity index (χ2v) is 10.5. The standard InChI is InChI=1S/C28H30FN5O2/c1-16(2)34-10-4-9-28(29,15-34)19-7-8-24-23(11-19)32-27(36-24)22-14-30-17(3)21-13-31-25(12-20(21)22)33-26(35)18-5-6-18/h7-8,11-14,16,18H,4-6,9-10,15H2,1-3H3,(H,31,33,35)/t28-/m1/s1. The molecule has 0 unspecified atom stereocenters. The first kappa shape index (κ1) is 23.0. The zero-order valence-corrected chi connectivity index (χ0v) is 20.8. The van der Waals surface area contributed by atoms with Crippen molar-refractivity contribution in [1.29, 1.82) is 0 Å². The Hall–Kier alpha value is -3.39. The molecule has 2 fully saturated rings. The molecule has 0 radical (unpaired) electrons. The number of hydrogen-bond donors (Lipinski definition) is 1. The van der Waals surface area contributed by atoms with Crippen LogP contribution in [-0.4, -0.2) is 44.9 Å². The molecule has 1 aromatic carbocycles. The fourth-order valence-electron chi connectivity index (χ4n) is 5.12. The van der Waals surface area contributed by atoms with Crippen molar-refractivity contribution in [3.8, 4) is 11.5 Å². The van der Waals surface area contributed by atoms with Gasteiger partial charge in [-0.3, -0.25) is 14.7 Å². The number of fused-ring (bicyclic) bond motifs is 2. The molecular weight excluding hydrogens is 457 g/mol. The van der Waals surface area contributed by atoms with Crippen LogP contribution in [0.15, 0.2) is 41.1 Å². The van der Waals surface area contributed by atoms with E-state index in [9.17, 15) is 4.79 Å². The zero-order chi connectivity index (χ0) is 25.0. The van der Waals surface area contributed by atoms with Crippen molar-refractivity contribution in [2.24, 2.45) is 5.92 Å². The maximum atomic E-state index is 16.1. The summed E-state index contributed by atoms with van der Waals surface area (Å²) in [4.78, 5) is 28.1. The minimum Gasteiger partial charge on any atom is -0.436 e. The van der Waals surface area contributed by atoms with Gasteiger partial charge in [0.2, 0.25) is 11.8 Å². The summed E-state index contributed by atoms with van der Waals surface area (Å²) in [5.41, 5.74) is 1.97. The highest BCUT2D eigenvalue weighted by molar-refractivity contribution is 6.00. The Balaban J connectivity index is 1.38. The number of alkyl halides is 1. The lowest BCUT2D eigenvalue weighted by Gasteiger charge is -2.39. The second-order valence-electron chi connectivity index (χ2n) is 10.5. The summed E-state index contributed by atoms with van der Waals surface area (Å²) < 4.78 is 22.2. The largest absolute Gasteiger partial charge is 0.436 e. The van der Waals surface area contributed by atoms with Crippen LogP contribution in [-0.2, 0) is 10.5 Å². The summed E-state index contributed by atoms with van der Waals surface area (Å²) in [7, 11) is 0. The van der Waals surface area contributed by atoms with E-state index in [1.807, 2.05) is 31.2 Å². The number of nitrogens with zero attached hydrogens (tertiary/aromatic N) is 4. The number of rotatable bonds is 5. The first-order valence-electron chi connectivity index (χ1n) is 12.7. The molecule has 4 heterocycles. The summed E-state index contributed by atoms with van der Waals surface area (Å²) >= 11 is 0. The Morgan fingerprint density at radius 2 is 2.03 bits per heavy atom. The number of piperidine rings is 1. The Labute approximate surface area is 209 Å². The van der Waals surface area contributed by atoms with Crippen molar-refractivity contribution < 1.29 is 13.6 Å². The first-order chi connectivity index (χ1) is 17.3. The molecule has 1 saturated heterocycles. The normalized spacial score (nSPS) is 20.9. The Kier molecular flexibility index (Phi) is 5.52. The number of halogens is 1. The van der Waals surface area contributed by atoms with E-state index in [1.54, 1.807) is 12.4 Å². The van der Waals surface area contributed by atoms with Gasteiger partial charge in [-0.1, -0.05) is 6.07 Å². The molecule has 7 nitrogen and oxygen atoms in total. The lowest BCUT2D eigenvalue weighted by Crippen LogP contribution is -2.46. The average Bonchev–Trinajstić information content (AvgIpc) is 3.63. The van der Waals surface area contributed by atoms with E-state index in [0.29, 0.717) is 52.9 Å². The van der Waals surface area contributed by atoms with Gasteiger partial charge in [-0.25, -0.2) is 14.4 Å². The molecule has 3 aromatic heterocycles. The molecular formula is C28H30FN5O2. The van der Waals surface area contributed by atoms with Gasteiger partial charge < -0.3 is 9.73 Å². The zero-order valence-electron chi connectivity index (χ0n) is 20.8. The summed E-state index contributed by atoms with van der Waals surface area (Å²) in [5, 5.41) is 4.62. The number of aryl methyl sites for hydroxylation is 1. The molecule has 1 N–H and O–H groups in total. The predicted octanol–water partition coefficient (Wildman–Crippen LogP) is 5.76. The lowest BCUT2D eigenvalue weighted by atomic mass is 9.87. The molecule has 6 rings (SSSR count). The van der Waals surface area contributed by atoms with Crippen LogP contribution in [0.4, 0.5) is 10.2 Å². The highest BCUT2D eigenvalue weighted by Gasteiger charge is 2.38. The maximum absolute atomic E-state index is 16.1. The molecule has 1 saturated carbocycles. The van der Waals surface area contributed by atoms with Crippen molar-refractivity contribution in [1.82, 2.24) is 19.9 Å². The number of benzene rings is 1. The SMILES string of the molecule is Cc1ncc(-c2nc3cc([C@@]4(F)CCCN(C(C)C)C4)ccc3o2)c2cc(NC(=O)C3CC3)ncc12. The van der Waals surface area contributed by atoms with E-state index in [-0.39, 0.29) is 11.8 Å². The van der Waals surface area contributed by atoms with Gasteiger partial charge in [0.1, 0.15) is 17.0 Å². The number of pyridine rings is 2. The van der Waals surface area contributed by atoms with Crippen LogP contribution < -0.4 is 5.32 Å². The molecule has 2 aliphatic rings. The number of amides is 1. The third-order valence-corrected chi connectivity index (χ3v) is 7.51. The quantitative estimate of drug-likeness (QED) is 0.385. The molecule has 36 heavy (non-hydrogen) atoms. The van der Waals surface area contributed by atoms with Crippen molar-refractivity contribution in [2.45, 2.75) is 58.2 Å². The van der Waals surface area contributed by atoms with Gasteiger partial charge in [0, 0.05) is 47.4 Å². The van der Waals surface area contributed by atoms with Gasteiger partial charge in [0.15, 0.2) is 5.58 Å². The lowest BCUT2D eigenvalue weighted by molar-refractivity contribution is -0.117. The van der Waals surface area contributed by atoms with E-state index >= 15 is 4.39 Å². The number of carbonyl (C=O) groups excluding carboxylic acids is 1. The maximum Gasteiger partial charge on any atom is 0.229 e. The van der Waals surface area contributed by atoms with Crippen molar-refractivity contribution >= 4 is 33.6 Å². The molecule has 1 atom stereocenters. The fraction of sp³-hybridized carbons (Fsp3) is 0.429. The Bertz CT molecular complexity index is 1480. The smallest absolute Gasteiger partial charge is 0.229 e. The van der Waals surface area contributed by atoms with Crippen LogP contribution in [0.2, 0.25) is 0 Å². The van der Waals surface area contributed by atoms with Crippen molar-refractivity contribution in [3.05, 3.63) is 47.9 Å². The van der Waals surface area contributed by atoms with E-state index < -0.39 is 5.67 Å². The van der Waals surface area contributed by atoms with E-state index in [0.717, 1.165) is 42.3 Å². The summed E-state index contributed by atoms with van der Waals surface area (Å²) in [6.45, 7) is 7.44. The molecule has 8 heteroatoms. The topological polar surface area (TPSA) is 84.2 Å². The van der Waals surface area contributed by atoms with E-state index in [4.69, 9.17) is 9.40 Å². The third-order valence-electron chi connectivity index (χ3n) is 7.51. The summed E-state index contributed by atoms with van der Waals surface area (Å²) in [5.74, 6) is 0.993. The number of likely N-dealkylation sites (tertiary alicyclic amines) is 1. The van der Waals surface area contributed by atoms with Crippen molar-refractivity contribution in [2.75, 3.05) is 18.4 Å². The van der Waals surface area contributed by atoms with Crippen LogP contribution in [0.1, 0.15) is 50.8 Å². The van der Waals surface area contributed by atoms with Gasteiger partial charge in [-0.05, 0) is 76.8 Å². The number of aromatic nitrogens is 3. The highest BCUT2D eigenvalue weighted by Crippen LogP contribution is 2.39. The van der Waals surface area contributed by atoms with Gasteiger partial charge in [0.25, 0.3) is 0 Å². The molecule has 1 aliphatic heterocycles. The number of oxazole rings is 1. The number of carbonyl (C=O) groups is 1. The van der Waals surface area contributed by atoms with Crippen LogP contribution >= 0.6 is 0 Å². The van der Waals surface area contributed by atoms with E-state index in [1.165, 1.54) is 0 Å². The number of nitrogens with one attached hydrogen (secondary N) is 1. The van der Waals surface area contributed by atoms with Crippen molar-refractivity contribution in [3.63, 3.8) is 0 Å². The van der Waals surface area contributed by atoms with Gasteiger partial charge in [-0.15, -0.1) is 0 Å². The third kappa shape index (κ3) is 4.13. The minimum absolute atomic E-state index is 0.00228. The van der Waals surface area contributed by atoms with Gasteiger partial charge in [0.05, 0.1) is 5.56 Å². The summed E-state index contributed by atoms with van der Waals surface area (Å²) in [6.07, 6.45) is 6.63. The molecule has 1 amide bonds. The summed E-state index contributed by atoms with van der Waals surface area (Å²) in [6, 6.07) is 7.60. The van der Waals surface area contributed by atoms with E-state index in [2.05, 4.69) is 34.0 Å². The highest BCUT2D eigenvalue weighted by atomic mass is 19.1. The van der Waals surface area contributed by atoms with Gasteiger partial charge >= 0.3 is 0 Å². The first-order valence-corrected chi connectivity index (χ1v) is 12.7. The Morgan fingerprint density at radius 1 is 1.19 bits per heavy atom. The number of anilines is 1. The van der Waals surface area contributed by atoms with Crippen LogP contribution in [0.3, 0.4) is 0 Å². The average molecular weight is 488 g/mol. The fourth-order valence-corrected chi connectivity index (χ4v) is 5.12. The Morgan fingerprint density at radius 3 is 2.81 bits per heavy atom. The van der Waals surface area contributed by atoms with Crippen LogP contribution in [0, 0.1) is 12.8 Å². The minimum atomic E-state index is -1.41. The molecule has 1 aliphatic carbocycles. The second kappa shape index (κ2) is 8.62. The monoisotopic (exact) mass is 487 g/mol.